The number of sulfonamides is 1. The summed E-state index contributed by atoms with van der Waals surface area (Å²) >= 11 is 1.37. The summed E-state index contributed by atoms with van der Waals surface area (Å²) in [6.07, 6.45) is 11.5. The quantitative estimate of drug-likeness (QED) is 0.574. The first-order chi connectivity index (χ1) is 16.4. The second-order valence-electron chi connectivity index (χ2n) is 10.0. The molecule has 0 spiro atoms. The van der Waals surface area contributed by atoms with Crippen molar-refractivity contribution in [2.24, 2.45) is 5.92 Å². The van der Waals surface area contributed by atoms with Gasteiger partial charge in [-0.3, -0.25) is 4.79 Å². The van der Waals surface area contributed by atoms with Crippen molar-refractivity contribution in [3.63, 3.8) is 0 Å². The number of thiophene rings is 1. The SMILES string of the molecule is Cc1sc(-c2noc(C3CCC3)n2)cc1S(=O)(=O)N1CCCC(C(=O)NC2CCCCCC2)C1. The fourth-order valence-corrected chi connectivity index (χ4v) is 8.25. The molecule has 1 aliphatic heterocycles. The van der Waals surface area contributed by atoms with Crippen molar-refractivity contribution in [1.82, 2.24) is 19.8 Å². The monoisotopic (exact) mass is 506 g/mol. The third-order valence-corrected chi connectivity index (χ3v) is 10.7. The number of nitrogens with one attached hydrogen (secondary N) is 1. The van der Waals surface area contributed by atoms with Gasteiger partial charge in [-0.15, -0.1) is 11.3 Å². The van der Waals surface area contributed by atoms with Crippen molar-refractivity contribution < 1.29 is 17.7 Å². The maximum atomic E-state index is 13.6. The average molecular weight is 507 g/mol. The van der Waals surface area contributed by atoms with Crippen LogP contribution in [0.3, 0.4) is 0 Å². The normalized spacial score (nSPS) is 23.4. The number of aromatic nitrogens is 2. The summed E-state index contributed by atoms with van der Waals surface area (Å²) in [5.74, 6) is 1.14. The van der Waals surface area contributed by atoms with E-state index in [-0.39, 0.29) is 29.3 Å². The number of aryl methyl sites for hydroxylation is 1. The smallest absolute Gasteiger partial charge is 0.244 e. The molecule has 2 saturated carbocycles. The van der Waals surface area contributed by atoms with Crippen LogP contribution < -0.4 is 5.32 Å². The van der Waals surface area contributed by atoms with Gasteiger partial charge in [0.2, 0.25) is 27.6 Å². The number of carbonyl (C=O) groups is 1. The Balaban J connectivity index is 1.28. The third kappa shape index (κ3) is 4.95. The van der Waals surface area contributed by atoms with Gasteiger partial charge in [0.05, 0.1) is 15.7 Å². The molecule has 2 aliphatic carbocycles. The highest BCUT2D eigenvalue weighted by molar-refractivity contribution is 7.89. The molecule has 34 heavy (non-hydrogen) atoms. The first-order valence-corrected chi connectivity index (χ1v) is 14.9. The molecule has 2 aromatic rings. The second kappa shape index (κ2) is 10.1. The van der Waals surface area contributed by atoms with Gasteiger partial charge in [-0.05, 0) is 51.5 Å². The van der Waals surface area contributed by atoms with E-state index in [4.69, 9.17) is 4.52 Å². The van der Waals surface area contributed by atoms with Crippen molar-refractivity contribution in [2.45, 2.75) is 94.4 Å². The molecule has 8 nitrogen and oxygen atoms in total. The van der Waals surface area contributed by atoms with Gasteiger partial charge in [-0.2, -0.15) is 9.29 Å². The number of amides is 1. The minimum atomic E-state index is -3.71. The van der Waals surface area contributed by atoms with Crippen molar-refractivity contribution in [3.05, 3.63) is 16.8 Å². The van der Waals surface area contributed by atoms with Crippen molar-refractivity contribution in [3.8, 4) is 10.7 Å². The Morgan fingerprint density at radius 3 is 2.56 bits per heavy atom. The third-order valence-electron chi connectivity index (χ3n) is 7.56. The van der Waals surface area contributed by atoms with Gasteiger partial charge < -0.3 is 9.84 Å². The van der Waals surface area contributed by atoms with E-state index in [2.05, 4.69) is 15.5 Å². The van der Waals surface area contributed by atoms with E-state index >= 15 is 0 Å². The lowest BCUT2D eigenvalue weighted by Crippen LogP contribution is -2.47. The molecule has 0 aromatic carbocycles. The second-order valence-corrected chi connectivity index (χ2v) is 13.2. The highest BCUT2D eigenvalue weighted by atomic mass is 32.2. The molecular weight excluding hydrogens is 472 g/mol. The van der Waals surface area contributed by atoms with Crippen molar-refractivity contribution in [1.29, 1.82) is 0 Å². The Morgan fingerprint density at radius 2 is 1.85 bits per heavy atom. The number of rotatable bonds is 6. The highest BCUT2D eigenvalue weighted by Crippen LogP contribution is 2.38. The van der Waals surface area contributed by atoms with Crippen LogP contribution in [0.5, 0.6) is 0 Å². The minimum Gasteiger partial charge on any atom is -0.353 e. The fraction of sp³-hybridized carbons (Fsp3) is 0.708. The van der Waals surface area contributed by atoms with Gasteiger partial charge in [0.1, 0.15) is 0 Å². The van der Waals surface area contributed by atoms with E-state index in [1.54, 1.807) is 6.07 Å². The van der Waals surface area contributed by atoms with Gasteiger partial charge in [0.15, 0.2) is 0 Å². The Labute approximate surface area is 205 Å². The molecule has 1 amide bonds. The van der Waals surface area contributed by atoms with Gasteiger partial charge in [0.25, 0.3) is 0 Å². The summed E-state index contributed by atoms with van der Waals surface area (Å²) in [6.45, 7) is 2.49. The van der Waals surface area contributed by atoms with E-state index in [1.807, 2.05) is 6.92 Å². The molecule has 1 atom stereocenters. The fourth-order valence-electron chi connectivity index (χ4n) is 5.24. The van der Waals surface area contributed by atoms with Gasteiger partial charge >= 0.3 is 0 Å². The maximum absolute atomic E-state index is 13.6. The van der Waals surface area contributed by atoms with E-state index in [9.17, 15) is 13.2 Å². The highest BCUT2D eigenvalue weighted by Gasteiger charge is 2.36. The molecule has 0 radical (unpaired) electrons. The summed E-state index contributed by atoms with van der Waals surface area (Å²) in [7, 11) is -3.71. The van der Waals surface area contributed by atoms with Crippen LogP contribution in [-0.4, -0.2) is 47.9 Å². The van der Waals surface area contributed by atoms with Gasteiger partial charge in [-0.1, -0.05) is 37.3 Å². The van der Waals surface area contributed by atoms with E-state index in [1.165, 1.54) is 34.9 Å². The zero-order valence-electron chi connectivity index (χ0n) is 19.8. The minimum absolute atomic E-state index is 0.00449. The predicted octanol–water partition coefficient (Wildman–Crippen LogP) is 4.61. The van der Waals surface area contributed by atoms with Crippen LogP contribution >= 0.6 is 11.3 Å². The Bertz CT molecular complexity index is 1110. The maximum Gasteiger partial charge on any atom is 0.244 e. The molecule has 3 fully saturated rings. The van der Waals surface area contributed by atoms with E-state index in [0.717, 1.165) is 44.9 Å². The average Bonchev–Trinajstić information content (AvgIpc) is 3.33. The Kier molecular flexibility index (Phi) is 7.09. The predicted molar refractivity (Wildman–Crippen MR) is 130 cm³/mol. The lowest BCUT2D eigenvalue weighted by molar-refractivity contribution is -0.126. The van der Waals surface area contributed by atoms with Crippen LogP contribution in [0.4, 0.5) is 0 Å². The topological polar surface area (TPSA) is 105 Å². The molecule has 3 aliphatic rings. The summed E-state index contributed by atoms with van der Waals surface area (Å²) in [6, 6.07) is 1.89. The lowest BCUT2D eigenvalue weighted by Gasteiger charge is -2.32. The summed E-state index contributed by atoms with van der Waals surface area (Å²) in [5.41, 5.74) is 0. The Hall–Kier alpha value is -1.78. The number of nitrogens with zero attached hydrogens (tertiary/aromatic N) is 3. The van der Waals surface area contributed by atoms with Gasteiger partial charge in [-0.25, -0.2) is 8.42 Å². The number of carbonyl (C=O) groups excluding carboxylic acids is 1. The number of hydrogen-bond acceptors (Lipinski definition) is 7. The summed E-state index contributed by atoms with van der Waals surface area (Å²) in [5, 5.41) is 7.31. The van der Waals surface area contributed by atoms with Crippen molar-refractivity contribution in [2.75, 3.05) is 13.1 Å². The van der Waals surface area contributed by atoms with E-state index in [0.29, 0.717) is 40.4 Å². The van der Waals surface area contributed by atoms with Crippen molar-refractivity contribution >= 4 is 27.3 Å². The molecule has 10 heteroatoms. The summed E-state index contributed by atoms with van der Waals surface area (Å²) < 4.78 is 34.0. The molecule has 1 saturated heterocycles. The Morgan fingerprint density at radius 1 is 1.09 bits per heavy atom. The summed E-state index contributed by atoms with van der Waals surface area (Å²) in [4.78, 5) is 19.2. The molecular formula is C24H34N4O4S2. The first kappa shape index (κ1) is 23.9. The van der Waals surface area contributed by atoms with Crippen LogP contribution in [0, 0.1) is 12.8 Å². The van der Waals surface area contributed by atoms with Crippen LogP contribution in [0.1, 0.15) is 87.3 Å². The van der Waals surface area contributed by atoms with Gasteiger partial charge in [0, 0.05) is 29.9 Å². The molecule has 0 bridgehead atoms. The van der Waals surface area contributed by atoms with Crippen LogP contribution in [0.15, 0.2) is 15.5 Å². The first-order valence-electron chi connectivity index (χ1n) is 12.7. The number of piperidine rings is 1. The zero-order valence-corrected chi connectivity index (χ0v) is 21.4. The molecule has 2 aromatic heterocycles. The zero-order chi connectivity index (χ0) is 23.7. The number of hydrogen-bond donors (Lipinski definition) is 1. The molecule has 3 heterocycles. The van der Waals surface area contributed by atoms with Crippen LogP contribution in [-0.2, 0) is 14.8 Å². The molecule has 1 N–H and O–H groups in total. The standard InChI is InChI=1S/C24H34N4O4S2/c1-16-21(14-20(33-16)22-26-24(32-27-22)17-8-6-9-17)34(30,31)28-13-7-10-18(15-28)23(29)25-19-11-4-2-3-5-12-19/h14,17-19H,2-13,15H2,1H3,(H,25,29). The molecule has 186 valence electrons. The lowest BCUT2D eigenvalue weighted by atomic mass is 9.85. The molecule has 5 rings (SSSR count). The van der Waals surface area contributed by atoms with E-state index < -0.39 is 10.0 Å². The van der Waals surface area contributed by atoms with Crippen LogP contribution in [0.25, 0.3) is 10.7 Å². The van der Waals surface area contributed by atoms with Crippen LogP contribution in [0.2, 0.25) is 0 Å². The largest absolute Gasteiger partial charge is 0.353 e. The molecule has 1 unspecified atom stereocenters.